The maximum atomic E-state index is 12.3. The molecule has 156 valence electrons. The van der Waals surface area contributed by atoms with Gasteiger partial charge in [0.25, 0.3) is 0 Å². The quantitative estimate of drug-likeness (QED) is 0.499. The molecule has 0 aromatic heterocycles. The molecule has 7 nitrogen and oxygen atoms in total. The Labute approximate surface area is 171 Å². The highest BCUT2D eigenvalue weighted by Crippen LogP contribution is 2.19. The number of carbonyl (C=O) groups is 2. The van der Waals surface area contributed by atoms with Gasteiger partial charge in [0.15, 0.2) is 5.78 Å². The lowest BCUT2D eigenvalue weighted by Crippen LogP contribution is -2.41. The number of anilines is 1. The summed E-state index contributed by atoms with van der Waals surface area (Å²) >= 11 is 0. The van der Waals surface area contributed by atoms with Crippen molar-refractivity contribution in [3.63, 3.8) is 0 Å². The van der Waals surface area contributed by atoms with Crippen LogP contribution in [0.15, 0.2) is 42.5 Å². The molecule has 0 saturated carbocycles. The first-order valence-corrected chi connectivity index (χ1v) is 11.0. The smallest absolute Gasteiger partial charge is 0.240 e. The van der Waals surface area contributed by atoms with Gasteiger partial charge in [-0.25, -0.2) is 8.42 Å². The fraction of sp³-hybridized carbons (Fsp3) is 0.333. The Morgan fingerprint density at radius 1 is 1.07 bits per heavy atom. The van der Waals surface area contributed by atoms with Crippen LogP contribution in [-0.4, -0.2) is 46.1 Å². The number of benzene rings is 2. The largest absolute Gasteiger partial charge is 0.492 e. The molecule has 0 saturated heterocycles. The Balaban J connectivity index is 1.95. The van der Waals surface area contributed by atoms with Crippen LogP contribution in [-0.2, 0) is 14.8 Å². The molecule has 0 aliphatic heterocycles. The first kappa shape index (κ1) is 22.4. The summed E-state index contributed by atoms with van der Waals surface area (Å²) in [6.07, 6.45) is 1.02. The number of carbonyl (C=O) groups excluding carboxylic acids is 2. The number of aryl methyl sites for hydroxylation is 2. The number of sulfonamides is 1. The minimum atomic E-state index is -3.71. The van der Waals surface area contributed by atoms with E-state index >= 15 is 0 Å². The van der Waals surface area contributed by atoms with Crippen molar-refractivity contribution < 1.29 is 22.7 Å². The first-order chi connectivity index (χ1) is 13.6. The standard InChI is InChI=1S/C21H26N2O5S/c1-15-8-9-20(12-16(15)2)28-11-10-22-21(25)14-23(29(4,26)27)19-7-5-6-18(13-19)17(3)24/h5-9,12-13H,10-11,14H2,1-4H3,(H,22,25). The highest BCUT2D eigenvalue weighted by molar-refractivity contribution is 7.92. The van der Waals surface area contributed by atoms with E-state index in [1.165, 1.54) is 18.6 Å². The third-order valence-electron chi connectivity index (χ3n) is 4.40. The zero-order valence-corrected chi connectivity index (χ0v) is 17.9. The molecular weight excluding hydrogens is 392 g/mol. The second kappa shape index (κ2) is 9.56. The van der Waals surface area contributed by atoms with E-state index in [1.807, 2.05) is 32.0 Å². The lowest BCUT2D eigenvalue weighted by Gasteiger charge is -2.22. The molecule has 2 aromatic rings. The fourth-order valence-electron chi connectivity index (χ4n) is 2.63. The van der Waals surface area contributed by atoms with Crippen LogP contribution in [0.5, 0.6) is 5.75 Å². The van der Waals surface area contributed by atoms with Crippen LogP contribution in [0.2, 0.25) is 0 Å². The topological polar surface area (TPSA) is 92.8 Å². The summed E-state index contributed by atoms with van der Waals surface area (Å²) < 4.78 is 30.9. The van der Waals surface area contributed by atoms with E-state index < -0.39 is 15.9 Å². The van der Waals surface area contributed by atoms with Gasteiger partial charge >= 0.3 is 0 Å². The molecule has 8 heteroatoms. The van der Waals surface area contributed by atoms with Crippen molar-refractivity contribution in [2.24, 2.45) is 0 Å². The molecular formula is C21H26N2O5S. The molecule has 0 heterocycles. The molecule has 1 N–H and O–H groups in total. The second-order valence-electron chi connectivity index (χ2n) is 6.82. The van der Waals surface area contributed by atoms with Crippen LogP contribution in [0.4, 0.5) is 5.69 Å². The van der Waals surface area contributed by atoms with E-state index in [2.05, 4.69) is 5.32 Å². The van der Waals surface area contributed by atoms with Crippen LogP contribution in [0, 0.1) is 13.8 Å². The third-order valence-corrected chi connectivity index (χ3v) is 5.54. The highest BCUT2D eigenvalue weighted by atomic mass is 32.2. The van der Waals surface area contributed by atoms with Crippen LogP contribution < -0.4 is 14.4 Å². The number of Topliss-reactive ketones (excluding diaryl/α,β-unsaturated/α-hetero) is 1. The van der Waals surface area contributed by atoms with Gasteiger partial charge in [-0.3, -0.25) is 13.9 Å². The van der Waals surface area contributed by atoms with E-state index in [0.717, 1.165) is 16.1 Å². The summed E-state index contributed by atoms with van der Waals surface area (Å²) in [5.74, 6) is 0.0572. The van der Waals surface area contributed by atoms with Crippen molar-refractivity contribution in [2.75, 3.05) is 30.3 Å². The van der Waals surface area contributed by atoms with E-state index in [9.17, 15) is 18.0 Å². The van der Waals surface area contributed by atoms with Crippen molar-refractivity contribution in [2.45, 2.75) is 20.8 Å². The Morgan fingerprint density at radius 2 is 1.79 bits per heavy atom. The van der Waals surface area contributed by atoms with Gasteiger partial charge in [-0.1, -0.05) is 18.2 Å². The summed E-state index contributed by atoms with van der Waals surface area (Å²) in [6, 6.07) is 11.9. The Morgan fingerprint density at radius 3 is 2.41 bits per heavy atom. The number of rotatable bonds is 9. The van der Waals surface area contributed by atoms with Crippen molar-refractivity contribution >= 4 is 27.4 Å². The number of hydrogen-bond donors (Lipinski definition) is 1. The molecule has 0 aliphatic rings. The zero-order valence-electron chi connectivity index (χ0n) is 17.1. The maximum Gasteiger partial charge on any atom is 0.240 e. The number of amides is 1. The summed E-state index contributed by atoms with van der Waals surface area (Å²) in [5, 5.41) is 2.65. The number of ketones is 1. The summed E-state index contributed by atoms with van der Waals surface area (Å²) in [5.41, 5.74) is 2.92. The van der Waals surface area contributed by atoms with Crippen molar-refractivity contribution in [3.8, 4) is 5.75 Å². The number of hydrogen-bond acceptors (Lipinski definition) is 5. The predicted molar refractivity (Wildman–Crippen MR) is 113 cm³/mol. The van der Waals surface area contributed by atoms with Gasteiger partial charge in [-0.2, -0.15) is 0 Å². The predicted octanol–water partition coefficient (Wildman–Crippen LogP) is 2.47. The van der Waals surface area contributed by atoms with Crippen molar-refractivity contribution in [1.82, 2.24) is 5.32 Å². The summed E-state index contributed by atoms with van der Waals surface area (Å²) in [7, 11) is -3.71. The molecule has 1 amide bonds. The van der Waals surface area contributed by atoms with Gasteiger partial charge in [-0.15, -0.1) is 0 Å². The van der Waals surface area contributed by atoms with E-state index in [-0.39, 0.29) is 31.2 Å². The van der Waals surface area contributed by atoms with Crippen molar-refractivity contribution in [3.05, 3.63) is 59.2 Å². The van der Waals surface area contributed by atoms with Crippen molar-refractivity contribution in [1.29, 1.82) is 0 Å². The van der Waals surface area contributed by atoms with Gasteiger partial charge in [0.05, 0.1) is 18.5 Å². The third kappa shape index (κ3) is 6.60. The second-order valence-corrected chi connectivity index (χ2v) is 8.73. The molecule has 0 fully saturated rings. The SMILES string of the molecule is CC(=O)c1cccc(N(CC(=O)NCCOc2ccc(C)c(C)c2)S(C)(=O)=O)c1. The summed E-state index contributed by atoms with van der Waals surface area (Å²) in [4.78, 5) is 23.8. The minimum Gasteiger partial charge on any atom is -0.492 e. The molecule has 2 aromatic carbocycles. The number of ether oxygens (including phenoxy) is 1. The van der Waals surface area contributed by atoms with E-state index in [0.29, 0.717) is 11.3 Å². The fourth-order valence-corrected chi connectivity index (χ4v) is 3.48. The molecule has 2 rings (SSSR count). The van der Waals surface area contributed by atoms with Crippen LogP contribution >= 0.6 is 0 Å². The van der Waals surface area contributed by atoms with Gasteiger partial charge in [-0.05, 0) is 56.2 Å². The number of nitrogens with one attached hydrogen (secondary N) is 1. The molecule has 0 bridgehead atoms. The normalized spacial score (nSPS) is 11.0. The average Bonchev–Trinajstić information content (AvgIpc) is 2.65. The van der Waals surface area contributed by atoms with E-state index in [1.54, 1.807) is 18.2 Å². The Bertz CT molecular complexity index is 1000. The van der Waals surface area contributed by atoms with Crippen LogP contribution in [0.3, 0.4) is 0 Å². The lowest BCUT2D eigenvalue weighted by atomic mass is 10.1. The van der Waals surface area contributed by atoms with Crippen LogP contribution in [0.1, 0.15) is 28.4 Å². The van der Waals surface area contributed by atoms with E-state index in [4.69, 9.17) is 4.74 Å². The van der Waals surface area contributed by atoms with Gasteiger partial charge in [0, 0.05) is 5.56 Å². The molecule has 0 unspecified atom stereocenters. The number of nitrogens with zero attached hydrogens (tertiary/aromatic N) is 1. The highest BCUT2D eigenvalue weighted by Gasteiger charge is 2.21. The Kier molecular flexibility index (Phi) is 7.39. The average molecular weight is 419 g/mol. The Hall–Kier alpha value is -2.87. The molecule has 0 aliphatic carbocycles. The monoisotopic (exact) mass is 418 g/mol. The maximum absolute atomic E-state index is 12.3. The van der Waals surface area contributed by atoms with Gasteiger partial charge in [0.1, 0.15) is 18.9 Å². The molecule has 0 atom stereocenters. The molecule has 29 heavy (non-hydrogen) atoms. The van der Waals surface area contributed by atoms with Gasteiger partial charge < -0.3 is 10.1 Å². The lowest BCUT2D eigenvalue weighted by molar-refractivity contribution is -0.119. The minimum absolute atomic E-state index is 0.187. The molecule has 0 spiro atoms. The van der Waals surface area contributed by atoms with Gasteiger partial charge in [0.2, 0.25) is 15.9 Å². The summed E-state index contributed by atoms with van der Waals surface area (Å²) in [6.45, 7) is 5.50. The zero-order chi connectivity index (χ0) is 21.6. The first-order valence-electron chi connectivity index (χ1n) is 9.13. The van der Waals surface area contributed by atoms with Crippen LogP contribution in [0.25, 0.3) is 0 Å². The molecule has 0 radical (unpaired) electrons.